The van der Waals surface area contributed by atoms with Gasteiger partial charge in [-0.3, -0.25) is 9.36 Å². The molecule has 4 aromatic rings. The van der Waals surface area contributed by atoms with E-state index in [0.717, 1.165) is 5.56 Å². The van der Waals surface area contributed by atoms with Gasteiger partial charge in [-0.25, -0.2) is 9.79 Å². The normalized spacial score (nSPS) is 16.0. The molecule has 0 bridgehead atoms. The number of benzene rings is 3. The number of esters is 1. The van der Waals surface area contributed by atoms with Gasteiger partial charge in [-0.1, -0.05) is 65.4 Å². The Kier molecular flexibility index (Phi) is 6.91. The number of rotatable bonds is 6. The van der Waals surface area contributed by atoms with E-state index < -0.39 is 12.0 Å². The van der Waals surface area contributed by atoms with Crippen molar-refractivity contribution in [2.45, 2.75) is 13.0 Å². The Morgan fingerprint density at radius 2 is 1.90 bits per heavy atom. The first-order valence-corrected chi connectivity index (χ1v) is 13.7. The summed E-state index contributed by atoms with van der Waals surface area (Å²) in [5.41, 5.74) is 2.40. The van der Waals surface area contributed by atoms with E-state index in [-0.39, 0.29) is 24.5 Å². The summed E-state index contributed by atoms with van der Waals surface area (Å²) in [6.07, 6.45) is 1.70. The van der Waals surface area contributed by atoms with Crippen LogP contribution in [-0.4, -0.2) is 31.0 Å². The van der Waals surface area contributed by atoms with Crippen LogP contribution in [0.1, 0.15) is 29.7 Å². The molecule has 8 nitrogen and oxygen atoms in total. The predicted octanol–water partition coefficient (Wildman–Crippen LogP) is 4.33. The number of aromatic nitrogens is 1. The van der Waals surface area contributed by atoms with Crippen molar-refractivity contribution >= 4 is 40.7 Å². The van der Waals surface area contributed by atoms with E-state index in [1.54, 1.807) is 38.3 Å². The molecule has 3 heterocycles. The van der Waals surface area contributed by atoms with Crippen LogP contribution in [0.3, 0.4) is 0 Å². The van der Waals surface area contributed by atoms with Gasteiger partial charge >= 0.3 is 5.97 Å². The molecule has 6 rings (SSSR count). The van der Waals surface area contributed by atoms with Crippen LogP contribution in [0, 0.1) is 0 Å². The van der Waals surface area contributed by atoms with Crippen molar-refractivity contribution in [1.29, 1.82) is 0 Å². The van der Waals surface area contributed by atoms with Gasteiger partial charge in [0.1, 0.15) is 5.75 Å². The molecule has 0 fully saturated rings. The van der Waals surface area contributed by atoms with Crippen molar-refractivity contribution in [3.8, 4) is 17.2 Å². The van der Waals surface area contributed by atoms with Gasteiger partial charge in [-0.15, -0.1) is 0 Å². The monoisotopic (exact) mass is 574 g/mol. The molecular weight excluding hydrogens is 552 g/mol. The quantitative estimate of drug-likeness (QED) is 0.319. The summed E-state index contributed by atoms with van der Waals surface area (Å²) in [6.45, 7) is 2.02. The fourth-order valence-corrected chi connectivity index (χ4v) is 5.95. The van der Waals surface area contributed by atoms with Gasteiger partial charge in [0, 0.05) is 11.6 Å². The molecule has 2 aliphatic heterocycles. The molecule has 40 heavy (non-hydrogen) atoms. The molecule has 1 atom stereocenters. The fraction of sp³-hybridized carbons (Fsp3) is 0.167. The van der Waals surface area contributed by atoms with Crippen molar-refractivity contribution in [3.63, 3.8) is 0 Å². The smallest absolute Gasteiger partial charge is 0.338 e. The SMILES string of the molecule is CCOC(=O)C1=C(c2ccccc2)N=c2s/c(=C/c3cc4c(cc3Cl)OCO4)c(=O)n2[C@H]1c1cccc(OC)c1. The first-order chi connectivity index (χ1) is 19.5. The lowest BCUT2D eigenvalue weighted by Gasteiger charge is -2.26. The summed E-state index contributed by atoms with van der Waals surface area (Å²) in [6, 6.07) is 19.3. The maximum Gasteiger partial charge on any atom is 0.338 e. The maximum absolute atomic E-state index is 14.0. The largest absolute Gasteiger partial charge is 0.497 e. The van der Waals surface area contributed by atoms with Crippen molar-refractivity contribution in [1.82, 2.24) is 4.57 Å². The Balaban J connectivity index is 1.64. The molecule has 2 aliphatic rings. The molecular formula is C30H23ClN2O6S. The van der Waals surface area contributed by atoms with Gasteiger partial charge in [0.25, 0.3) is 5.56 Å². The Morgan fingerprint density at radius 3 is 2.65 bits per heavy atom. The molecule has 0 saturated heterocycles. The average Bonchev–Trinajstić information content (AvgIpc) is 3.56. The number of halogens is 1. The summed E-state index contributed by atoms with van der Waals surface area (Å²) in [4.78, 5) is 32.9. The van der Waals surface area contributed by atoms with E-state index in [1.807, 2.05) is 48.5 Å². The highest BCUT2D eigenvalue weighted by Crippen LogP contribution is 2.38. The number of carbonyl (C=O) groups excluding carboxylic acids is 1. The van der Waals surface area contributed by atoms with Crippen LogP contribution in [0.15, 0.2) is 82.1 Å². The highest BCUT2D eigenvalue weighted by atomic mass is 35.5. The number of methoxy groups -OCH3 is 1. The molecule has 0 radical (unpaired) electrons. The minimum atomic E-state index is -0.810. The van der Waals surface area contributed by atoms with Crippen molar-refractivity contribution in [2.75, 3.05) is 20.5 Å². The van der Waals surface area contributed by atoms with Crippen LogP contribution in [-0.2, 0) is 9.53 Å². The zero-order chi connectivity index (χ0) is 27.8. The lowest BCUT2D eigenvalue weighted by molar-refractivity contribution is -0.138. The van der Waals surface area contributed by atoms with Gasteiger partial charge in [-0.05, 0) is 42.3 Å². The number of thiazole rings is 1. The number of nitrogens with zero attached hydrogens (tertiary/aromatic N) is 2. The number of hydrogen-bond acceptors (Lipinski definition) is 8. The first kappa shape index (κ1) is 25.9. The Labute approximate surface area is 238 Å². The standard InChI is InChI=1S/C30H23ClN2O6S/c1-3-37-29(35)25-26(17-8-5-4-6-9-17)32-30-33(27(25)18-10-7-11-20(12-18)36-2)28(34)24(40-30)14-19-13-22-23(15-21(19)31)39-16-38-22/h4-15,27H,3,16H2,1-2H3/b24-14+/t27-/m0/s1. The molecule has 3 aromatic carbocycles. The van der Waals surface area contributed by atoms with Crippen LogP contribution >= 0.6 is 22.9 Å². The van der Waals surface area contributed by atoms with Crippen LogP contribution in [0.25, 0.3) is 11.8 Å². The molecule has 0 unspecified atom stereocenters. The summed E-state index contributed by atoms with van der Waals surface area (Å²) >= 11 is 7.73. The Morgan fingerprint density at radius 1 is 1.12 bits per heavy atom. The number of fused-ring (bicyclic) bond motifs is 2. The Hall–Kier alpha value is -4.34. The van der Waals surface area contributed by atoms with Crippen LogP contribution in [0.5, 0.6) is 17.2 Å². The van der Waals surface area contributed by atoms with E-state index in [4.69, 9.17) is 35.5 Å². The molecule has 0 spiro atoms. The van der Waals surface area contributed by atoms with Crippen molar-refractivity contribution < 1.29 is 23.7 Å². The van der Waals surface area contributed by atoms with E-state index in [2.05, 4.69) is 0 Å². The van der Waals surface area contributed by atoms with Crippen LogP contribution in [0.4, 0.5) is 0 Å². The minimum absolute atomic E-state index is 0.108. The van der Waals surface area contributed by atoms with E-state index >= 15 is 0 Å². The topological polar surface area (TPSA) is 88.4 Å². The average molecular weight is 575 g/mol. The number of ether oxygens (including phenoxy) is 4. The number of carbonyl (C=O) groups is 1. The summed E-state index contributed by atoms with van der Waals surface area (Å²) in [7, 11) is 1.57. The van der Waals surface area contributed by atoms with Crippen LogP contribution < -0.4 is 29.1 Å². The summed E-state index contributed by atoms with van der Waals surface area (Å²) in [5, 5.41) is 0.414. The van der Waals surface area contributed by atoms with Gasteiger partial charge in [0.2, 0.25) is 6.79 Å². The second-order valence-corrected chi connectivity index (χ2v) is 10.4. The van der Waals surface area contributed by atoms with E-state index in [1.165, 1.54) is 15.9 Å². The Bertz CT molecular complexity index is 1840. The zero-order valence-electron chi connectivity index (χ0n) is 21.5. The van der Waals surface area contributed by atoms with Crippen molar-refractivity contribution in [2.24, 2.45) is 4.99 Å². The maximum atomic E-state index is 14.0. The molecule has 0 N–H and O–H groups in total. The van der Waals surface area contributed by atoms with Gasteiger partial charge < -0.3 is 18.9 Å². The lowest BCUT2D eigenvalue weighted by atomic mass is 9.93. The van der Waals surface area contributed by atoms with Gasteiger partial charge in [-0.2, -0.15) is 0 Å². The van der Waals surface area contributed by atoms with E-state index in [0.29, 0.717) is 48.4 Å². The molecule has 1 aromatic heterocycles. The first-order valence-electron chi connectivity index (χ1n) is 12.5. The summed E-state index contributed by atoms with van der Waals surface area (Å²) in [5.74, 6) is 1.14. The minimum Gasteiger partial charge on any atom is -0.497 e. The molecule has 0 saturated carbocycles. The second kappa shape index (κ2) is 10.7. The van der Waals surface area contributed by atoms with Crippen LogP contribution in [0.2, 0.25) is 5.02 Å². The van der Waals surface area contributed by atoms with Crippen molar-refractivity contribution in [3.05, 3.63) is 114 Å². The highest BCUT2D eigenvalue weighted by molar-refractivity contribution is 7.07. The zero-order valence-corrected chi connectivity index (χ0v) is 23.1. The third-order valence-electron chi connectivity index (χ3n) is 6.56. The van der Waals surface area contributed by atoms with Gasteiger partial charge in [0.15, 0.2) is 16.3 Å². The highest BCUT2D eigenvalue weighted by Gasteiger charge is 2.35. The third-order valence-corrected chi connectivity index (χ3v) is 7.87. The second-order valence-electron chi connectivity index (χ2n) is 8.94. The molecule has 202 valence electrons. The summed E-state index contributed by atoms with van der Waals surface area (Å²) < 4.78 is 23.8. The lowest BCUT2D eigenvalue weighted by Crippen LogP contribution is -2.40. The molecule has 0 amide bonds. The third kappa shape index (κ3) is 4.57. The van der Waals surface area contributed by atoms with Gasteiger partial charge in [0.05, 0.1) is 40.6 Å². The van der Waals surface area contributed by atoms with E-state index in [9.17, 15) is 9.59 Å². The molecule has 0 aliphatic carbocycles. The predicted molar refractivity (Wildman–Crippen MR) is 152 cm³/mol. The fourth-order valence-electron chi connectivity index (χ4n) is 4.75. The molecule has 10 heteroatoms. The number of hydrogen-bond donors (Lipinski definition) is 0.